The van der Waals surface area contributed by atoms with E-state index in [1.54, 1.807) is 17.4 Å². The van der Waals surface area contributed by atoms with Gasteiger partial charge < -0.3 is 5.11 Å². The SMILES string of the molecule is N#C/C(=C\c1ccc(-c2ccc(-c3ccc4ccc5cccc6ccc3c4c56)s2)s1)C(=O)O. The monoisotopic (exact) mass is 461 g/mol. The highest BCUT2D eigenvalue weighted by Gasteiger charge is 2.14. The lowest BCUT2D eigenvalue weighted by Gasteiger charge is -2.13. The number of benzene rings is 4. The minimum atomic E-state index is -1.21. The van der Waals surface area contributed by atoms with Crippen molar-refractivity contribution in [3.05, 3.63) is 89.3 Å². The zero-order chi connectivity index (χ0) is 22.5. The van der Waals surface area contributed by atoms with Gasteiger partial charge >= 0.3 is 5.97 Å². The van der Waals surface area contributed by atoms with E-state index in [2.05, 4.69) is 66.7 Å². The zero-order valence-electron chi connectivity index (χ0n) is 17.2. The molecule has 0 bridgehead atoms. The minimum absolute atomic E-state index is 0.260. The maximum Gasteiger partial charge on any atom is 0.346 e. The first-order valence-corrected chi connectivity index (χ1v) is 12.0. The fourth-order valence-corrected chi connectivity index (χ4v) is 6.50. The van der Waals surface area contributed by atoms with Crippen LogP contribution in [0, 0.1) is 11.3 Å². The highest BCUT2D eigenvalue weighted by Crippen LogP contribution is 2.43. The molecule has 0 spiro atoms. The number of hydrogen-bond donors (Lipinski definition) is 1. The summed E-state index contributed by atoms with van der Waals surface area (Å²) in [6.07, 6.45) is 1.42. The molecule has 0 amide bonds. The van der Waals surface area contributed by atoms with E-state index < -0.39 is 5.97 Å². The lowest BCUT2D eigenvalue weighted by molar-refractivity contribution is -0.132. The van der Waals surface area contributed by atoms with Gasteiger partial charge in [0, 0.05) is 19.5 Å². The van der Waals surface area contributed by atoms with Gasteiger partial charge in [0.1, 0.15) is 11.6 Å². The van der Waals surface area contributed by atoms with Gasteiger partial charge in [0.05, 0.1) is 0 Å². The van der Waals surface area contributed by atoms with Gasteiger partial charge in [-0.05, 0) is 68.2 Å². The Morgan fingerprint density at radius 2 is 1.39 bits per heavy atom. The molecule has 0 fully saturated rings. The number of carboxylic acid groups (broad SMARTS) is 1. The molecule has 2 heterocycles. The summed E-state index contributed by atoms with van der Waals surface area (Å²) < 4.78 is 0. The molecule has 0 saturated carbocycles. The Hall–Kier alpha value is -3.98. The lowest BCUT2D eigenvalue weighted by atomic mass is 9.91. The average molecular weight is 462 g/mol. The number of aliphatic carboxylic acids is 1. The maximum absolute atomic E-state index is 11.1. The van der Waals surface area contributed by atoms with E-state index >= 15 is 0 Å². The van der Waals surface area contributed by atoms with Crippen molar-refractivity contribution in [1.82, 2.24) is 0 Å². The van der Waals surface area contributed by atoms with E-state index in [1.807, 2.05) is 12.1 Å². The minimum Gasteiger partial charge on any atom is -0.477 e. The van der Waals surface area contributed by atoms with Gasteiger partial charge in [0.25, 0.3) is 0 Å². The van der Waals surface area contributed by atoms with Crippen molar-refractivity contribution < 1.29 is 9.90 Å². The Labute approximate surface area is 197 Å². The number of carboxylic acids is 1. The standard InChI is InChI=1S/C28H15NO2S2/c29-15-19(28(30)31)14-20-8-11-24(32-20)25-13-12-23(33-25)21-9-6-18-5-4-16-2-1-3-17-7-10-22(21)27(18)26(16)17/h1-14H,(H,30,31)/b19-14+. The Balaban J connectivity index is 1.45. The number of nitriles is 1. The molecule has 6 aromatic rings. The van der Waals surface area contributed by atoms with E-state index in [9.17, 15) is 4.79 Å². The summed E-state index contributed by atoms with van der Waals surface area (Å²) in [4.78, 5) is 15.2. The highest BCUT2D eigenvalue weighted by atomic mass is 32.1. The van der Waals surface area contributed by atoms with Crippen LogP contribution in [0.2, 0.25) is 0 Å². The topological polar surface area (TPSA) is 61.1 Å². The second-order valence-corrected chi connectivity index (χ2v) is 10.0. The van der Waals surface area contributed by atoms with Crippen molar-refractivity contribution in [3.63, 3.8) is 0 Å². The maximum atomic E-state index is 11.1. The number of rotatable bonds is 4. The van der Waals surface area contributed by atoms with Crippen LogP contribution in [-0.2, 0) is 4.79 Å². The van der Waals surface area contributed by atoms with Crippen LogP contribution in [0.25, 0.3) is 58.6 Å². The molecule has 5 heteroatoms. The molecule has 0 aliphatic carbocycles. The molecule has 0 radical (unpaired) electrons. The number of carbonyl (C=O) groups is 1. The molecule has 156 valence electrons. The Kier molecular flexibility index (Phi) is 4.51. The fourth-order valence-electron chi connectivity index (χ4n) is 4.41. The molecule has 0 saturated heterocycles. The van der Waals surface area contributed by atoms with Crippen LogP contribution in [0.5, 0.6) is 0 Å². The van der Waals surface area contributed by atoms with Crippen LogP contribution >= 0.6 is 22.7 Å². The molecule has 0 unspecified atom stereocenters. The molecule has 0 atom stereocenters. The van der Waals surface area contributed by atoms with Gasteiger partial charge in [-0.1, -0.05) is 54.6 Å². The normalized spacial score (nSPS) is 12.0. The van der Waals surface area contributed by atoms with E-state index in [0.717, 1.165) is 14.6 Å². The van der Waals surface area contributed by atoms with Crippen LogP contribution < -0.4 is 0 Å². The van der Waals surface area contributed by atoms with Crippen LogP contribution in [-0.4, -0.2) is 11.1 Å². The van der Waals surface area contributed by atoms with Crippen molar-refractivity contribution in [3.8, 4) is 26.3 Å². The quantitative estimate of drug-likeness (QED) is 0.164. The van der Waals surface area contributed by atoms with E-state index in [0.29, 0.717) is 0 Å². The predicted octanol–water partition coefficient (Wildman–Crippen LogP) is 8.03. The lowest BCUT2D eigenvalue weighted by Crippen LogP contribution is -1.96. The van der Waals surface area contributed by atoms with Crippen molar-refractivity contribution in [2.24, 2.45) is 0 Å². The highest BCUT2D eigenvalue weighted by molar-refractivity contribution is 7.24. The first-order chi connectivity index (χ1) is 16.1. The third-order valence-electron chi connectivity index (χ3n) is 5.91. The van der Waals surface area contributed by atoms with Gasteiger partial charge in [0.2, 0.25) is 0 Å². The van der Waals surface area contributed by atoms with Gasteiger partial charge in [-0.25, -0.2) is 4.79 Å². The molecule has 2 aromatic heterocycles. The number of thiophene rings is 2. The Morgan fingerprint density at radius 1 is 0.758 bits per heavy atom. The van der Waals surface area contributed by atoms with Crippen LogP contribution in [0.4, 0.5) is 0 Å². The number of hydrogen-bond acceptors (Lipinski definition) is 4. The van der Waals surface area contributed by atoms with E-state index in [1.165, 1.54) is 60.2 Å². The summed E-state index contributed by atoms with van der Waals surface area (Å²) in [5, 5.41) is 25.7. The third kappa shape index (κ3) is 3.20. The van der Waals surface area contributed by atoms with Crippen LogP contribution in [0.15, 0.2) is 84.4 Å². The first kappa shape index (κ1) is 19.7. The second kappa shape index (κ2) is 7.56. The summed E-state index contributed by atoms with van der Waals surface area (Å²) in [7, 11) is 0. The van der Waals surface area contributed by atoms with Crippen molar-refractivity contribution in [2.45, 2.75) is 0 Å². The Morgan fingerprint density at radius 3 is 2.15 bits per heavy atom. The summed E-state index contributed by atoms with van der Waals surface area (Å²) in [5.74, 6) is -1.21. The molecular weight excluding hydrogens is 446 g/mol. The summed E-state index contributed by atoms with van der Waals surface area (Å²) in [6, 6.07) is 29.5. The molecule has 4 aromatic carbocycles. The summed E-state index contributed by atoms with van der Waals surface area (Å²) in [5.41, 5.74) is 0.954. The molecule has 6 rings (SSSR count). The van der Waals surface area contributed by atoms with Crippen LogP contribution in [0.3, 0.4) is 0 Å². The molecule has 3 nitrogen and oxygen atoms in total. The smallest absolute Gasteiger partial charge is 0.346 e. The second-order valence-electron chi connectivity index (χ2n) is 7.81. The Bertz CT molecular complexity index is 1750. The average Bonchev–Trinajstić information content (AvgIpc) is 3.50. The first-order valence-electron chi connectivity index (χ1n) is 10.3. The van der Waals surface area contributed by atoms with Gasteiger partial charge in [-0.2, -0.15) is 5.26 Å². The molecule has 0 aliphatic heterocycles. The number of nitrogens with zero attached hydrogens (tertiary/aromatic N) is 1. The fraction of sp³-hybridized carbons (Fsp3) is 0. The summed E-state index contributed by atoms with van der Waals surface area (Å²) in [6.45, 7) is 0. The van der Waals surface area contributed by atoms with E-state index in [-0.39, 0.29) is 5.57 Å². The summed E-state index contributed by atoms with van der Waals surface area (Å²) >= 11 is 3.21. The van der Waals surface area contributed by atoms with Gasteiger partial charge in [-0.3, -0.25) is 0 Å². The third-order valence-corrected chi connectivity index (χ3v) is 8.25. The molecule has 33 heavy (non-hydrogen) atoms. The van der Waals surface area contributed by atoms with Gasteiger partial charge in [-0.15, -0.1) is 22.7 Å². The van der Waals surface area contributed by atoms with Crippen molar-refractivity contribution in [2.75, 3.05) is 0 Å². The predicted molar refractivity (Wildman–Crippen MR) is 138 cm³/mol. The van der Waals surface area contributed by atoms with Crippen molar-refractivity contribution >= 4 is 67.0 Å². The largest absolute Gasteiger partial charge is 0.477 e. The van der Waals surface area contributed by atoms with Gasteiger partial charge in [0.15, 0.2) is 0 Å². The molecule has 0 aliphatic rings. The van der Waals surface area contributed by atoms with Crippen molar-refractivity contribution in [1.29, 1.82) is 5.26 Å². The zero-order valence-corrected chi connectivity index (χ0v) is 18.8. The van der Waals surface area contributed by atoms with E-state index in [4.69, 9.17) is 10.4 Å². The molecule has 1 N–H and O–H groups in total. The van der Waals surface area contributed by atoms with Crippen LogP contribution in [0.1, 0.15) is 4.88 Å². The molecular formula is C28H15NO2S2.